The van der Waals surface area contributed by atoms with Gasteiger partial charge in [0.2, 0.25) is 0 Å². The van der Waals surface area contributed by atoms with Crippen molar-refractivity contribution in [1.82, 2.24) is 5.43 Å². The van der Waals surface area contributed by atoms with Crippen LogP contribution in [-0.2, 0) is 16.0 Å². The summed E-state index contributed by atoms with van der Waals surface area (Å²) < 4.78 is 0. The van der Waals surface area contributed by atoms with Crippen LogP contribution in [0.1, 0.15) is 25.3 Å². The molecule has 2 aromatic carbocycles. The third-order valence-corrected chi connectivity index (χ3v) is 3.76. The molecule has 2 aromatic rings. The predicted molar refractivity (Wildman–Crippen MR) is 102 cm³/mol. The average Bonchev–Trinajstić information content (AvgIpc) is 2.65. The highest BCUT2D eigenvalue weighted by molar-refractivity contribution is 5.90. The number of rotatable bonds is 9. The number of carbonyl (C=O) groups is 2. The Labute approximate surface area is 152 Å². The van der Waals surface area contributed by atoms with Gasteiger partial charge in [0.05, 0.1) is 12.1 Å². The van der Waals surface area contributed by atoms with Gasteiger partial charge in [0, 0.05) is 12.1 Å². The number of benzene rings is 2. The first-order valence-corrected chi connectivity index (χ1v) is 8.44. The normalized spacial score (nSPS) is 12.3. The molecule has 0 fully saturated rings. The Morgan fingerprint density at radius 1 is 1.00 bits per heavy atom. The molecule has 0 aliphatic heterocycles. The number of nitrogens with one attached hydrogen (secondary N) is 2. The number of para-hydroxylation sites is 1. The molecule has 0 heterocycles. The molecule has 6 heteroatoms. The number of carboxylic acid groups (broad SMARTS) is 1. The summed E-state index contributed by atoms with van der Waals surface area (Å²) in [5.74, 6) is -1.15. The number of aliphatic imine (C=N–C) groups is 1. The first-order valence-electron chi connectivity index (χ1n) is 8.44. The average molecular weight is 353 g/mol. The van der Waals surface area contributed by atoms with Crippen molar-refractivity contribution in [3.63, 3.8) is 0 Å². The van der Waals surface area contributed by atoms with E-state index in [1.807, 2.05) is 60.7 Å². The van der Waals surface area contributed by atoms with Gasteiger partial charge in [-0.3, -0.25) is 25.4 Å². The van der Waals surface area contributed by atoms with Crippen LogP contribution in [0, 0.1) is 0 Å². The number of carbonyl (C=O) groups excluding carboxylic acids is 1. The summed E-state index contributed by atoms with van der Waals surface area (Å²) >= 11 is 0. The van der Waals surface area contributed by atoms with Gasteiger partial charge in [-0.1, -0.05) is 48.5 Å². The Balaban J connectivity index is 2.06. The van der Waals surface area contributed by atoms with Crippen molar-refractivity contribution in [1.29, 1.82) is 0 Å². The summed E-state index contributed by atoms with van der Waals surface area (Å²) in [5.41, 5.74) is 7.95. The number of hydrogen-bond acceptors (Lipinski definition) is 4. The molecule has 3 N–H and O–H groups in total. The SMILES string of the molecule is CC(CCC(=O)O)=N[C@@H](Cc1ccccc1)C(=O)NNc1ccccc1. The van der Waals surface area contributed by atoms with Crippen LogP contribution in [0.15, 0.2) is 65.7 Å². The minimum Gasteiger partial charge on any atom is -0.481 e. The van der Waals surface area contributed by atoms with Crippen LogP contribution in [0.2, 0.25) is 0 Å². The summed E-state index contributed by atoms with van der Waals surface area (Å²) in [6.07, 6.45) is 0.755. The lowest BCUT2D eigenvalue weighted by Gasteiger charge is -2.16. The molecule has 0 aliphatic carbocycles. The van der Waals surface area contributed by atoms with E-state index >= 15 is 0 Å². The highest BCUT2D eigenvalue weighted by Gasteiger charge is 2.18. The number of carboxylic acids is 1. The fraction of sp³-hybridized carbons (Fsp3) is 0.250. The standard InChI is InChI=1S/C20H23N3O3/c1-15(12-13-19(24)25)21-18(14-16-8-4-2-5-9-16)20(26)23-22-17-10-6-3-7-11-17/h2-11,18,22H,12-14H2,1H3,(H,23,26)(H,24,25)/t18-/m0/s1. The van der Waals surface area contributed by atoms with Crippen molar-refractivity contribution in [2.24, 2.45) is 4.99 Å². The number of amides is 1. The molecule has 0 aromatic heterocycles. The Bertz CT molecular complexity index is 745. The van der Waals surface area contributed by atoms with E-state index in [0.29, 0.717) is 18.6 Å². The van der Waals surface area contributed by atoms with E-state index in [9.17, 15) is 9.59 Å². The summed E-state index contributed by atoms with van der Waals surface area (Å²) in [4.78, 5) is 27.8. The van der Waals surface area contributed by atoms with E-state index < -0.39 is 12.0 Å². The van der Waals surface area contributed by atoms with Crippen molar-refractivity contribution < 1.29 is 14.7 Å². The summed E-state index contributed by atoms with van der Waals surface area (Å²) in [7, 11) is 0. The van der Waals surface area contributed by atoms with Crippen molar-refractivity contribution in [3.8, 4) is 0 Å². The van der Waals surface area contributed by atoms with Crippen LogP contribution in [-0.4, -0.2) is 28.7 Å². The van der Waals surface area contributed by atoms with Crippen LogP contribution >= 0.6 is 0 Å². The predicted octanol–water partition coefficient (Wildman–Crippen LogP) is 3.07. The molecule has 26 heavy (non-hydrogen) atoms. The molecule has 0 unspecified atom stereocenters. The highest BCUT2D eigenvalue weighted by Crippen LogP contribution is 2.09. The molecular formula is C20H23N3O3. The molecule has 0 radical (unpaired) electrons. The zero-order valence-electron chi connectivity index (χ0n) is 14.7. The van der Waals surface area contributed by atoms with Crippen molar-refractivity contribution >= 4 is 23.3 Å². The lowest BCUT2D eigenvalue weighted by Crippen LogP contribution is -2.39. The minimum absolute atomic E-state index is 0.00270. The minimum atomic E-state index is -0.880. The lowest BCUT2D eigenvalue weighted by molar-refractivity contribution is -0.136. The molecule has 136 valence electrons. The molecule has 0 spiro atoms. The van der Waals surface area contributed by atoms with Crippen LogP contribution in [0.25, 0.3) is 0 Å². The Kier molecular flexibility index (Phi) is 7.36. The smallest absolute Gasteiger partial charge is 0.303 e. The maximum atomic E-state index is 12.6. The molecule has 0 aliphatic rings. The highest BCUT2D eigenvalue weighted by atomic mass is 16.4. The van der Waals surface area contributed by atoms with Gasteiger partial charge in [-0.15, -0.1) is 0 Å². The number of hydrogen-bond donors (Lipinski definition) is 3. The van der Waals surface area contributed by atoms with Gasteiger partial charge in [-0.2, -0.15) is 0 Å². The number of anilines is 1. The molecule has 2 rings (SSSR count). The molecule has 0 saturated heterocycles. The van der Waals surface area contributed by atoms with Crippen LogP contribution in [0.5, 0.6) is 0 Å². The van der Waals surface area contributed by atoms with Crippen LogP contribution < -0.4 is 10.9 Å². The number of hydrazine groups is 1. The lowest BCUT2D eigenvalue weighted by atomic mass is 10.1. The monoisotopic (exact) mass is 353 g/mol. The van der Waals surface area contributed by atoms with E-state index in [0.717, 1.165) is 11.3 Å². The van der Waals surface area contributed by atoms with Crippen molar-refractivity contribution in [3.05, 3.63) is 66.2 Å². The molecule has 1 amide bonds. The second-order valence-electron chi connectivity index (χ2n) is 5.94. The van der Waals surface area contributed by atoms with Gasteiger partial charge in [-0.05, 0) is 31.0 Å². The second-order valence-corrected chi connectivity index (χ2v) is 5.94. The Morgan fingerprint density at radius 2 is 1.62 bits per heavy atom. The van der Waals surface area contributed by atoms with E-state index in [1.165, 1.54) is 0 Å². The topological polar surface area (TPSA) is 90.8 Å². The molecule has 6 nitrogen and oxygen atoms in total. The van der Waals surface area contributed by atoms with E-state index in [2.05, 4.69) is 15.8 Å². The third kappa shape index (κ3) is 6.76. The summed E-state index contributed by atoms with van der Waals surface area (Å²) in [6.45, 7) is 1.75. The van der Waals surface area contributed by atoms with Crippen molar-refractivity contribution in [2.45, 2.75) is 32.2 Å². The largest absolute Gasteiger partial charge is 0.481 e. The van der Waals surface area contributed by atoms with Gasteiger partial charge in [0.1, 0.15) is 6.04 Å². The zero-order valence-corrected chi connectivity index (χ0v) is 14.7. The molecule has 1 atom stereocenters. The summed E-state index contributed by atoms with van der Waals surface area (Å²) in [5, 5.41) is 8.81. The summed E-state index contributed by atoms with van der Waals surface area (Å²) in [6, 6.07) is 18.3. The first-order chi connectivity index (χ1) is 12.5. The van der Waals surface area contributed by atoms with Gasteiger partial charge >= 0.3 is 5.97 Å². The Morgan fingerprint density at radius 3 is 2.23 bits per heavy atom. The fourth-order valence-corrected chi connectivity index (χ4v) is 2.39. The molecular weight excluding hydrogens is 330 g/mol. The van der Waals surface area contributed by atoms with E-state index in [4.69, 9.17) is 5.11 Å². The number of nitrogens with zero attached hydrogens (tertiary/aromatic N) is 1. The maximum Gasteiger partial charge on any atom is 0.303 e. The molecule has 0 bridgehead atoms. The number of aliphatic carboxylic acids is 1. The third-order valence-electron chi connectivity index (χ3n) is 3.76. The fourth-order valence-electron chi connectivity index (χ4n) is 2.39. The van der Waals surface area contributed by atoms with Gasteiger partial charge in [-0.25, -0.2) is 0 Å². The van der Waals surface area contributed by atoms with E-state index in [1.54, 1.807) is 6.92 Å². The first kappa shape index (κ1) is 19.2. The Hall–Kier alpha value is -3.15. The quantitative estimate of drug-likeness (QED) is 0.477. The van der Waals surface area contributed by atoms with Crippen LogP contribution in [0.3, 0.4) is 0 Å². The van der Waals surface area contributed by atoms with Gasteiger partial charge < -0.3 is 5.11 Å². The van der Waals surface area contributed by atoms with Gasteiger partial charge in [0.25, 0.3) is 5.91 Å². The van der Waals surface area contributed by atoms with Crippen molar-refractivity contribution in [2.75, 3.05) is 5.43 Å². The maximum absolute atomic E-state index is 12.6. The zero-order chi connectivity index (χ0) is 18.8. The second kappa shape index (κ2) is 9.98. The van der Waals surface area contributed by atoms with Gasteiger partial charge in [0.15, 0.2) is 0 Å². The molecule has 0 saturated carbocycles. The van der Waals surface area contributed by atoms with E-state index in [-0.39, 0.29) is 12.3 Å². The van der Waals surface area contributed by atoms with Crippen LogP contribution in [0.4, 0.5) is 5.69 Å².